The van der Waals surface area contributed by atoms with Crippen LogP contribution in [0.3, 0.4) is 0 Å². The topological polar surface area (TPSA) is 34.1 Å². The highest BCUT2D eigenvalue weighted by atomic mass is 19.1. The summed E-state index contributed by atoms with van der Waals surface area (Å²) in [6.45, 7) is 5.78. The van der Waals surface area contributed by atoms with Gasteiger partial charge < -0.3 is 10.1 Å². The molecule has 3 nitrogen and oxygen atoms in total. The van der Waals surface area contributed by atoms with Gasteiger partial charge in [0.1, 0.15) is 11.6 Å². The van der Waals surface area contributed by atoms with Gasteiger partial charge in [-0.2, -0.15) is 0 Å². The lowest BCUT2D eigenvalue weighted by molar-refractivity contribution is 0.454. The predicted octanol–water partition coefficient (Wildman–Crippen LogP) is 3.82. The Morgan fingerprint density at radius 3 is 2.80 bits per heavy atom. The Hall–Kier alpha value is -1.94. The molecule has 0 unspecified atom stereocenters. The van der Waals surface area contributed by atoms with Gasteiger partial charge in [0, 0.05) is 24.9 Å². The molecule has 0 aliphatic heterocycles. The van der Waals surface area contributed by atoms with Crippen LogP contribution in [-0.2, 0) is 6.54 Å². The second-order valence-corrected chi connectivity index (χ2v) is 4.69. The number of aromatic nitrogens is 1. The van der Waals surface area contributed by atoms with Crippen molar-refractivity contribution in [1.82, 2.24) is 10.3 Å². The average Bonchev–Trinajstić information content (AvgIpc) is 2.45. The smallest absolute Gasteiger partial charge is 0.219 e. The first kappa shape index (κ1) is 14.5. The summed E-state index contributed by atoms with van der Waals surface area (Å²) < 4.78 is 18.8. The van der Waals surface area contributed by atoms with Gasteiger partial charge in [0.15, 0.2) is 0 Å². The minimum Gasteiger partial charge on any atom is -0.439 e. The number of benzene rings is 1. The van der Waals surface area contributed by atoms with Crippen molar-refractivity contribution in [1.29, 1.82) is 0 Å². The van der Waals surface area contributed by atoms with Crippen LogP contribution in [0.2, 0.25) is 0 Å². The number of nitrogens with one attached hydrogen (secondary N) is 1. The zero-order valence-corrected chi connectivity index (χ0v) is 11.8. The van der Waals surface area contributed by atoms with Crippen molar-refractivity contribution >= 4 is 0 Å². The molecule has 4 heteroatoms. The normalized spacial score (nSPS) is 10.6. The van der Waals surface area contributed by atoms with E-state index in [9.17, 15) is 4.39 Å². The van der Waals surface area contributed by atoms with E-state index in [2.05, 4.69) is 17.2 Å². The first-order valence-corrected chi connectivity index (χ1v) is 6.78. The van der Waals surface area contributed by atoms with Crippen LogP contribution in [0, 0.1) is 12.7 Å². The Kier molecular flexibility index (Phi) is 5.07. The van der Waals surface area contributed by atoms with Gasteiger partial charge in [-0.05, 0) is 37.1 Å². The van der Waals surface area contributed by atoms with Gasteiger partial charge >= 0.3 is 0 Å². The van der Waals surface area contributed by atoms with Crippen LogP contribution in [-0.4, -0.2) is 11.5 Å². The fourth-order valence-electron chi connectivity index (χ4n) is 1.78. The van der Waals surface area contributed by atoms with Gasteiger partial charge in [-0.25, -0.2) is 9.37 Å². The van der Waals surface area contributed by atoms with Crippen molar-refractivity contribution in [3.8, 4) is 11.6 Å². The Morgan fingerprint density at radius 1 is 1.25 bits per heavy atom. The van der Waals surface area contributed by atoms with E-state index in [4.69, 9.17) is 4.74 Å². The molecular weight excluding hydrogens is 255 g/mol. The Labute approximate surface area is 118 Å². The number of hydrogen-bond acceptors (Lipinski definition) is 3. The standard InChI is InChI=1S/C16H19FN2O/c1-3-8-18-10-13-5-7-16(19-11-13)20-15-9-14(17)6-4-12(15)2/h4-7,9,11,18H,3,8,10H2,1-2H3. The third-order valence-electron chi connectivity index (χ3n) is 2.92. The van der Waals surface area contributed by atoms with Crippen molar-refractivity contribution in [3.05, 3.63) is 53.5 Å². The van der Waals surface area contributed by atoms with Gasteiger partial charge in [-0.3, -0.25) is 0 Å². The second-order valence-electron chi connectivity index (χ2n) is 4.69. The number of aryl methyl sites for hydroxylation is 1. The summed E-state index contributed by atoms with van der Waals surface area (Å²) in [6.07, 6.45) is 2.88. The molecule has 0 fully saturated rings. The fraction of sp³-hybridized carbons (Fsp3) is 0.312. The van der Waals surface area contributed by atoms with E-state index in [1.165, 1.54) is 12.1 Å². The Bertz CT molecular complexity index is 555. The molecule has 1 aromatic carbocycles. The number of pyridine rings is 1. The molecule has 20 heavy (non-hydrogen) atoms. The fourth-order valence-corrected chi connectivity index (χ4v) is 1.78. The summed E-state index contributed by atoms with van der Waals surface area (Å²) in [7, 11) is 0. The molecule has 0 radical (unpaired) electrons. The molecule has 0 saturated carbocycles. The number of ether oxygens (including phenoxy) is 1. The third kappa shape index (κ3) is 4.03. The maximum Gasteiger partial charge on any atom is 0.219 e. The molecule has 0 atom stereocenters. The van der Waals surface area contributed by atoms with E-state index in [1.807, 2.05) is 13.0 Å². The first-order valence-electron chi connectivity index (χ1n) is 6.78. The zero-order valence-electron chi connectivity index (χ0n) is 11.8. The van der Waals surface area contributed by atoms with Gasteiger partial charge in [-0.15, -0.1) is 0 Å². The van der Waals surface area contributed by atoms with Crippen LogP contribution in [0.15, 0.2) is 36.5 Å². The van der Waals surface area contributed by atoms with E-state index in [0.29, 0.717) is 11.6 Å². The van der Waals surface area contributed by atoms with E-state index >= 15 is 0 Å². The monoisotopic (exact) mass is 274 g/mol. The van der Waals surface area contributed by atoms with Crippen molar-refractivity contribution in [3.63, 3.8) is 0 Å². The van der Waals surface area contributed by atoms with Crippen molar-refractivity contribution in [2.24, 2.45) is 0 Å². The molecule has 0 aliphatic rings. The molecule has 0 saturated heterocycles. The molecule has 0 bridgehead atoms. The van der Waals surface area contributed by atoms with Crippen molar-refractivity contribution in [2.45, 2.75) is 26.8 Å². The Morgan fingerprint density at radius 2 is 2.10 bits per heavy atom. The minimum atomic E-state index is -0.314. The zero-order chi connectivity index (χ0) is 14.4. The number of rotatable bonds is 6. The summed E-state index contributed by atoms with van der Waals surface area (Å²) in [5, 5.41) is 3.31. The van der Waals surface area contributed by atoms with Gasteiger partial charge in [0.2, 0.25) is 5.88 Å². The van der Waals surface area contributed by atoms with Crippen molar-refractivity contribution < 1.29 is 9.13 Å². The van der Waals surface area contributed by atoms with Gasteiger partial charge in [-0.1, -0.05) is 19.1 Å². The number of nitrogens with zero attached hydrogens (tertiary/aromatic N) is 1. The summed E-state index contributed by atoms with van der Waals surface area (Å²) >= 11 is 0. The molecule has 1 N–H and O–H groups in total. The molecule has 1 aromatic heterocycles. The molecule has 2 rings (SSSR count). The molecule has 106 valence electrons. The summed E-state index contributed by atoms with van der Waals surface area (Å²) in [6, 6.07) is 8.23. The van der Waals surface area contributed by atoms with Crippen LogP contribution >= 0.6 is 0 Å². The number of hydrogen-bond donors (Lipinski definition) is 1. The highest BCUT2D eigenvalue weighted by molar-refractivity contribution is 5.35. The van der Waals surface area contributed by atoms with Crippen LogP contribution in [0.5, 0.6) is 11.6 Å². The second kappa shape index (κ2) is 7.01. The van der Waals surface area contributed by atoms with Crippen molar-refractivity contribution in [2.75, 3.05) is 6.54 Å². The van der Waals surface area contributed by atoms with E-state index < -0.39 is 0 Å². The SMILES string of the molecule is CCCNCc1ccc(Oc2cc(F)ccc2C)nc1. The lowest BCUT2D eigenvalue weighted by Gasteiger charge is -2.08. The Balaban J connectivity index is 2.01. The lowest BCUT2D eigenvalue weighted by Crippen LogP contribution is -2.13. The quantitative estimate of drug-likeness (QED) is 0.813. The van der Waals surface area contributed by atoms with Gasteiger partial charge in [0.05, 0.1) is 0 Å². The summed E-state index contributed by atoms with van der Waals surface area (Å²) in [5.74, 6) is 0.651. The van der Waals surface area contributed by atoms with Crippen LogP contribution < -0.4 is 10.1 Å². The molecule has 0 amide bonds. The molecular formula is C16H19FN2O. The lowest BCUT2D eigenvalue weighted by atomic mass is 10.2. The molecule has 1 heterocycles. The largest absolute Gasteiger partial charge is 0.439 e. The van der Waals surface area contributed by atoms with E-state index in [-0.39, 0.29) is 5.82 Å². The molecule has 0 aliphatic carbocycles. The number of halogens is 1. The van der Waals surface area contributed by atoms with Crippen LogP contribution in [0.4, 0.5) is 4.39 Å². The summed E-state index contributed by atoms with van der Waals surface area (Å²) in [5.41, 5.74) is 1.98. The molecule has 0 spiro atoms. The predicted molar refractivity (Wildman–Crippen MR) is 77.4 cm³/mol. The van der Waals surface area contributed by atoms with E-state index in [0.717, 1.165) is 30.6 Å². The maximum absolute atomic E-state index is 13.2. The van der Waals surface area contributed by atoms with Crippen LogP contribution in [0.25, 0.3) is 0 Å². The van der Waals surface area contributed by atoms with Gasteiger partial charge in [0.25, 0.3) is 0 Å². The average molecular weight is 274 g/mol. The highest BCUT2D eigenvalue weighted by Crippen LogP contribution is 2.24. The maximum atomic E-state index is 13.2. The third-order valence-corrected chi connectivity index (χ3v) is 2.92. The van der Waals surface area contributed by atoms with Crippen LogP contribution in [0.1, 0.15) is 24.5 Å². The minimum absolute atomic E-state index is 0.314. The summed E-state index contributed by atoms with van der Waals surface area (Å²) in [4.78, 5) is 4.24. The molecule has 2 aromatic rings. The highest BCUT2D eigenvalue weighted by Gasteiger charge is 2.04. The first-order chi connectivity index (χ1) is 9.69. The van der Waals surface area contributed by atoms with E-state index in [1.54, 1.807) is 18.3 Å².